The van der Waals surface area contributed by atoms with Gasteiger partial charge in [-0.05, 0) is 26.3 Å². The second kappa shape index (κ2) is 3.72. The summed E-state index contributed by atoms with van der Waals surface area (Å²) in [7, 11) is 0. The highest BCUT2D eigenvalue weighted by Crippen LogP contribution is 2.20. The van der Waals surface area contributed by atoms with E-state index in [2.05, 4.69) is 6.58 Å². The van der Waals surface area contributed by atoms with Crippen LogP contribution in [0.15, 0.2) is 12.7 Å². The Balaban J connectivity index is 2.63. The van der Waals surface area contributed by atoms with Crippen LogP contribution in [0.25, 0.3) is 0 Å². The van der Waals surface area contributed by atoms with Gasteiger partial charge in [-0.1, -0.05) is 6.08 Å². The van der Waals surface area contributed by atoms with Crippen molar-refractivity contribution >= 4 is 5.97 Å². The SMILES string of the molecule is C=CC(C)N1CCCC1C(=O)O. The van der Waals surface area contributed by atoms with E-state index in [1.165, 1.54) is 0 Å². The second-order valence-corrected chi connectivity index (χ2v) is 3.21. The largest absolute Gasteiger partial charge is 0.480 e. The van der Waals surface area contributed by atoms with Gasteiger partial charge in [-0.25, -0.2) is 0 Å². The molecule has 2 atom stereocenters. The quantitative estimate of drug-likeness (QED) is 0.643. The summed E-state index contributed by atoms with van der Waals surface area (Å²) in [4.78, 5) is 12.7. The molecule has 0 aromatic heterocycles. The molecule has 0 saturated carbocycles. The van der Waals surface area contributed by atoms with E-state index in [4.69, 9.17) is 5.11 Å². The number of hydrogen-bond acceptors (Lipinski definition) is 2. The van der Waals surface area contributed by atoms with Gasteiger partial charge in [0.25, 0.3) is 0 Å². The maximum Gasteiger partial charge on any atom is 0.320 e. The Hall–Kier alpha value is -0.830. The lowest BCUT2D eigenvalue weighted by Gasteiger charge is -2.25. The molecule has 0 radical (unpaired) electrons. The van der Waals surface area contributed by atoms with E-state index in [-0.39, 0.29) is 12.1 Å². The molecular weight excluding hydrogens is 154 g/mol. The minimum Gasteiger partial charge on any atom is -0.480 e. The molecule has 3 heteroatoms. The van der Waals surface area contributed by atoms with Crippen LogP contribution in [-0.2, 0) is 4.79 Å². The molecule has 1 saturated heterocycles. The summed E-state index contributed by atoms with van der Waals surface area (Å²) < 4.78 is 0. The third-order valence-corrected chi connectivity index (χ3v) is 2.44. The summed E-state index contributed by atoms with van der Waals surface area (Å²) in [6.07, 6.45) is 3.55. The molecule has 0 aromatic rings. The second-order valence-electron chi connectivity index (χ2n) is 3.21. The van der Waals surface area contributed by atoms with E-state index in [1.807, 2.05) is 11.8 Å². The number of carbonyl (C=O) groups is 1. The average molecular weight is 169 g/mol. The standard InChI is InChI=1S/C9H15NO2/c1-3-7(2)10-6-4-5-8(10)9(11)12/h3,7-8H,1,4-6H2,2H3,(H,11,12). The van der Waals surface area contributed by atoms with Crippen molar-refractivity contribution < 1.29 is 9.90 Å². The van der Waals surface area contributed by atoms with Crippen LogP contribution < -0.4 is 0 Å². The predicted octanol–water partition coefficient (Wildman–Crippen LogP) is 1.11. The number of hydrogen-bond donors (Lipinski definition) is 1. The molecule has 0 spiro atoms. The van der Waals surface area contributed by atoms with Crippen LogP contribution in [0.4, 0.5) is 0 Å². The predicted molar refractivity (Wildman–Crippen MR) is 47.0 cm³/mol. The first-order valence-electron chi connectivity index (χ1n) is 4.28. The van der Waals surface area contributed by atoms with E-state index in [1.54, 1.807) is 6.08 Å². The highest BCUT2D eigenvalue weighted by Gasteiger charge is 2.32. The number of carboxylic acid groups (broad SMARTS) is 1. The van der Waals surface area contributed by atoms with Gasteiger partial charge in [-0.15, -0.1) is 6.58 Å². The molecule has 1 N–H and O–H groups in total. The third-order valence-electron chi connectivity index (χ3n) is 2.44. The third kappa shape index (κ3) is 1.67. The molecule has 1 heterocycles. The highest BCUT2D eigenvalue weighted by atomic mass is 16.4. The van der Waals surface area contributed by atoms with Gasteiger partial charge in [0.1, 0.15) is 6.04 Å². The first-order valence-corrected chi connectivity index (χ1v) is 4.28. The minimum absolute atomic E-state index is 0.175. The Labute approximate surface area is 72.7 Å². The van der Waals surface area contributed by atoms with Crippen LogP contribution in [0.2, 0.25) is 0 Å². The smallest absolute Gasteiger partial charge is 0.320 e. The van der Waals surface area contributed by atoms with Gasteiger partial charge >= 0.3 is 5.97 Å². The number of carboxylic acids is 1. The van der Waals surface area contributed by atoms with Gasteiger partial charge in [0.15, 0.2) is 0 Å². The number of rotatable bonds is 3. The van der Waals surface area contributed by atoms with Crippen molar-refractivity contribution in [3.63, 3.8) is 0 Å². The molecule has 0 bridgehead atoms. The molecule has 1 rings (SSSR count). The van der Waals surface area contributed by atoms with E-state index >= 15 is 0 Å². The van der Waals surface area contributed by atoms with E-state index in [0.717, 1.165) is 19.4 Å². The normalized spacial score (nSPS) is 26.9. The molecule has 12 heavy (non-hydrogen) atoms. The number of aliphatic carboxylic acids is 1. The highest BCUT2D eigenvalue weighted by molar-refractivity contribution is 5.73. The van der Waals surface area contributed by atoms with Crippen LogP contribution in [-0.4, -0.2) is 34.6 Å². The van der Waals surface area contributed by atoms with Gasteiger partial charge < -0.3 is 5.11 Å². The first kappa shape index (κ1) is 9.26. The van der Waals surface area contributed by atoms with Gasteiger partial charge in [0, 0.05) is 6.04 Å². The van der Waals surface area contributed by atoms with Crippen LogP contribution in [0.1, 0.15) is 19.8 Å². The fourth-order valence-electron chi connectivity index (χ4n) is 1.68. The summed E-state index contributed by atoms with van der Waals surface area (Å²) in [5.74, 6) is -0.707. The summed E-state index contributed by atoms with van der Waals surface area (Å²) in [5.41, 5.74) is 0. The van der Waals surface area contributed by atoms with Crippen molar-refractivity contribution in [2.75, 3.05) is 6.54 Å². The van der Waals surface area contributed by atoms with Crippen molar-refractivity contribution in [2.24, 2.45) is 0 Å². The Morgan fingerprint density at radius 2 is 2.50 bits per heavy atom. The maximum absolute atomic E-state index is 10.8. The maximum atomic E-state index is 10.8. The molecule has 0 aromatic carbocycles. The van der Waals surface area contributed by atoms with Crippen LogP contribution in [0.5, 0.6) is 0 Å². The van der Waals surface area contributed by atoms with Crippen LogP contribution in [0.3, 0.4) is 0 Å². The lowest BCUT2D eigenvalue weighted by molar-refractivity contribution is -0.142. The van der Waals surface area contributed by atoms with Crippen molar-refractivity contribution in [1.82, 2.24) is 4.90 Å². The number of likely N-dealkylation sites (tertiary alicyclic amines) is 1. The van der Waals surface area contributed by atoms with E-state index < -0.39 is 5.97 Å². The van der Waals surface area contributed by atoms with Crippen molar-refractivity contribution in [2.45, 2.75) is 31.8 Å². The molecule has 68 valence electrons. The van der Waals surface area contributed by atoms with Crippen molar-refractivity contribution in [1.29, 1.82) is 0 Å². The molecule has 1 fully saturated rings. The summed E-state index contributed by atoms with van der Waals surface area (Å²) >= 11 is 0. The summed E-state index contributed by atoms with van der Waals surface area (Å²) in [6, 6.07) is -0.119. The first-order chi connectivity index (χ1) is 5.66. The Morgan fingerprint density at radius 1 is 1.83 bits per heavy atom. The Kier molecular flexibility index (Phi) is 2.87. The molecule has 0 amide bonds. The van der Waals surface area contributed by atoms with Crippen LogP contribution >= 0.6 is 0 Å². The molecular formula is C9H15NO2. The van der Waals surface area contributed by atoms with Gasteiger partial charge in [0.05, 0.1) is 0 Å². The molecule has 1 aliphatic heterocycles. The van der Waals surface area contributed by atoms with E-state index in [9.17, 15) is 4.79 Å². The van der Waals surface area contributed by atoms with E-state index in [0.29, 0.717) is 0 Å². The fourth-order valence-corrected chi connectivity index (χ4v) is 1.68. The monoisotopic (exact) mass is 169 g/mol. The fraction of sp³-hybridized carbons (Fsp3) is 0.667. The lowest BCUT2D eigenvalue weighted by Crippen LogP contribution is -2.40. The zero-order valence-electron chi connectivity index (χ0n) is 7.36. The Bertz CT molecular complexity index is 191. The Morgan fingerprint density at radius 3 is 3.00 bits per heavy atom. The number of nitrogens with zero attached hydrogens (tertiary/aromatic N) is 1. The molecule has 1 aliphatic rings. The molecule has 3 nitrogen and oxygen atoms in total. The van der Waals surface area contributed by atoms with Crippen molar-refractivity contribution in [3.05, 3.63) is 12.7 Å². The zero-order valence-corrected chi connectivity index (χ0v) is 7.36. The lowest BCUT2D eigenvalue weighted by atomic mass is 10.2. The topological polar surface area (TPSA) is 40.5 Å². The average Bonchev–Trinajstić information content (AvgIpc) is 2.50. The minimum atomic E-state index is -0.707. The van der Waals surface area contributed by atoms with Crippen molar-refractivity contribution in [3.8, 4) is 0 Å². The van der Waals surface area contributed by atoms with Gasteiger partial charge in [0.2, 0.25) is 0 Å². The van der Waals surface area contributed by atoms with Gasteiger partial charge in [-0.2, -0.15) is 0 Å². The summed E-state index contributed by atoms with van der Waals surface area (Å²) in [5, 5.41) is 8.85. The molecule has 0 aliphatic carbocycles. The zero-order chi connectivity index (χ0) is 9.14. The van der Waals surface area contributed by atoms with Gasteiger partial charge in [-0.3, -0.25) is 9.69 Å². The molecule has 2 unspecified atom stereocenters. The summed E-state index contributed by atoms with van der Waals surface area (Å²) in [6.45, 7) is 6.52. The van der Waals surface area contributed by atoms with Crippen LogP contribution in [0, 0.1) is 0 Å².